The zero-order valence-electron chi connectivity index (χ0n) is 19.3. The molecule has 2 aromatic carbocycles. The summed E-state index contributed by atoms with van der Waals surface area (Å²) in [5, 5.41) is 11.2. The topological polar surface area (TPSA) is 85.7 Å². The lowest BCUT2D eigenvalue weighted by atomic mass is 9.86. The molecule has 0 atom stereocenters. The fourth-order valence-electron chi connectivity index (χ4n) is 4.76. The Morgan fingerprint density at radius 2 is 1.97 bits per heavy atom. The number of ketones is 1. The molecule has 7 nitrogen and oxygen atoms in total. The van der Waals surface area contributed by atoms with E-state index >= 15 is 0 Å². The van der Waals surface area contributed by atoms with Crippen LogP contribution >= 0.6 is 0 Å². The van der Waals surface area contributed by atoms with Crippen molar-refractivity contribution >= 4 is 23.2 Å². The number of Topliss-reactive ketones (excluding diaryl/α,β-unsaturated/α-hetero) is 1. The van der Waals surface area contributed by atoms with E-state index in [0.29, 0.717) is 35.6 Å². The van der Waals surface area contributed by atoms with Gasteiger partial charge in [-0.25, -0.2) is 0 Å². The number of amidine groups is 1. The molecule has 2 N–H and O–H groups in total. The van der Waals surface area contributed by atoms with Gasteiger partial charge in [-0.1, -0.05) is 13.8 Å². The summed E-state index contributed by atoms with van der Waals surface area (Å²) in [6, 6.07) is 9.41. The van der Waals surface area contributed by atoms with Crippen LogP contribution in [0.5, 0.6) is 5.75 Å². The fourth-order valence-corrected chi connectivity index (χ4v) is 4.76. The maximum absolute atomic E-state index is 13.1. The molecule has 0 unspecified atom stereocenters. The van der Waals surface area contributed by atoms with Crippen LogP contribution in [0.3, 0.4) is 0 Å². The highest BCUT2D eigenvalue weighted by molar-refractivity contribution is 6.07. The Kier molecular flexibility index (Phi) is 5.44. The SMILES string of the molecule is CCOc1cc2c(cc1C(=O)NC)C(=N)N(CC(=O)c1ccc3c(c1)C(C)(C)CN3C)C2. The molecule has 4 rings (SSSR count). The number of anilines is 1. The maximum Gasteiger partial charge on any atom is 0.254 e. The minimum absolute atomic E-state index is 0.0110. The largest absolute Gasteiger partial charge is 0.493 e. The molecule has 7 heteroatoms. The number of amides is 1. The van der Waals surface area contributed by atoms with Gasteiger partial charge in [0.05, 0.1) is 18.7 Å². The van der Waals surface area contributed by atoms with E-state index in [-0.39, 0.29) is 29.5 Å². The smallest absolute Gasteiger partial charge is 0.254 e. The molecule has 0 spiro atoms. The van der Waals surface area contributed by atoms with Gasteiger partial charge in [0.1, 0.15) is 11.6 Å². The van der Waals surface area contributed by atoms with Crippen molar-refractivity contribution in [3.63, 3.8) is 0 Å². The summed E-state index contributed by atoms with van der Waals surface area (Å²) < 4.78 is 5.66. The van der Waals surface area contributed by atoms with Crippen molar-refractivity contribution in [1.29, 1.82) is 5.41 Å². The molecule has 2 heterocycles. The molecule has 32 heavy (non-hydrogen) atoms. The Labute approximate surface area is 188 Å². The number of nitrogens with zero attached hydrogens (tertiary/aromatic N) is 2. The van der Waals surface area contributed by atoms with Crippen LogP contribution in [0.4, 0.5) is 5.69 Å². The van der Waals surface area contributed by atoms with Gasteiger partial charge in [-0.15, -0.1) is 0 Å². The molecular formula is C25H30N4O3. The summed E-state index contributed by atoms with van der Waals surface area (Å²) >= 11 is 0. The van der Waals surface area contributed by atoms with Crippen molar-refractivity contribution < 1.29 is 14.3 Å². The molecule has 0 aliphatic carbocycles. The second-order valence-corrected chi connectivity index (χ2v) is 9.12. The lowest BCUT2D eigenvalue weighted by molar-refractivity contribution is 0.0953. The summed E-state index contributed by atoms with van der Waals surface area (Å²) in [6.45, 7) is 8.15. The first-order valence-corrected chi connectivity index (χ1v) is 10.9. The highest BCUT2D eigenvalue weighted by Crippen LogP contribution is 2.40. The lowest BCUT2D eigenvalue weighted by Crippen LogP contribution is -2.30. The predicted molar refractivity (Wildman–Crippen MR) is 125 cm³/mol. The number of hydrogen-bond donors (Lipinski definition) is 2. The lowest BCUT2D eigenvalue weighted by Gasteiger charge is -2.19. The summed E-state index contributed by atoms with van der Waals surface area (Å²) in [5.74, 6) is 0.468. The van der Waals surface area contributed by atoms with Crippen LogP contribution in [-0.2, 0) is 12.0 Å². The van der Waals surface area contributed by atoms with Gasteiger partial charge < -0.3 is 19.9 Å². The number of nitrogens with one attached hydrogen (secondary N) is 2. The third-order valence-corrected chi connectivity index (χ3v) is 6.34. The third-order valence-electron chi connectivity index (χ3n) is 6.34. The van der Waals surface area contributed by atoms with Gasteiger partial charge in [-0.3, -0.25) is 15.0 Å². The summed E-state index contributed by atoms with van der Waals surface area (Å²) in [7, 11) is 3.64. The van der Waals surface area contributed by atoms with E-state index in [1.165, 1.54) is 5.56 Å². The van der Waals surface area contributed by atoms with E-state index in [0.717, 1.165) is 17.8 Å². The molecule has 2 aliphatic rings. The standard InChI is InChI=1S/C25H30N4O3/c1-6-32-22-10-16-12-29(23(26)17(16)11-18(22)24(31)27-4)13-21(30)15-7-8-20-19(9-15)25(2,3)14-28(20)5/h7-11,26H,6,12-14H2,1-5H3,(H,27,31). The van der Waals surface area contributed by atoms with Crippen molar-refractivity contribution in [1.82, 2.24) is 10.2 Å². The van der Waals surface area contributed by atoms with Crippen molar-refractivity contribution in [3.05, 3.63) is 58.1 Å². The van der Waals surface area contributed by atoms with Gasteiger partial charge in [-0.2, -0.15) is 0 Å². The summed E-state index contributed by atoms with van der Waals surface area (Å²) in [4.78, 5) is 29.4. The predicted octanol–water partition coefficient (Wildman–Crippen LogP) is 3.20. The number of ether oxygens (including phenoxy) is 1. The van der Waals surface area contributed by atoms with Crippen molar-refractivity contribution in [2.45, 2.75) is 32.7 Å². The number of likely N-dealkylation sites (N-methyl/N-ethyl adjacent to an activating group) is 1. The molecule has 2 aliphatic heterocycles. The number of fused-ring (bicyclic) bond motifs is 2. The third kappa shape index (κ3) is 3.61. The van der Waals surface area contributed by atoms with Crippen LogP contribution in [0, 0.1) is 5.41 Å². The van der Waals surface area contributed by atoms with Gasteiger partial charge >= 0.3 is 0 Å². The van der Waals surface area contributed by atoms with Crippen molar-refractivity contribution in [2.24, 2.45) is 0 Å². The van der Waals surface area contributed by atoms with Gasteiger partial charge in [0.2, 0.25) is 0 Å². The zero-order chi connectivity index (χ0) is 23.2. The Morgan fingerprint density at radius 3 is 2.66 bits per heavy atom. The molecule has 0 saturated heterocycles. The Morgan fingerprint density at radius 1 is 1.22 bits per heavy atom. The van der Waals surface area contributed by atoms with Crippen molar-refractivity contribution in [2.75, 3.05) is 38.7 Å². The summed E-state index contributed by atoms with van der Waals surface area (Å²) in [6.07, 6.45) is 0. The molecular weight excluding hydrogens is 404 g/mol. The van der Waals surface area contributed by atoms with E-state index in [2.05, 4.69) is 31.1 Å². The van der Waals surface area contributed by atoms with Crippen LogP contribution in [-0.4, -0.2) is 56.2 Å². The Balaban J connectivity index is 1.57. The first-order chi connectivity index (χ1) is 15.2. The number of benzene rings is 2. The first-order valence-electron chi connectivity index (χ1n) is 10.9. The van der Waals surface area contributed by atoms with E-state index in [9.17, 15) is 9.59 Å². The fraction of sp³-hybridized carbons (Fsp3) is 0.400. The molecule has 0 bridgehead atoms. The number of carbonyl (C=O) groups is 2. The van der Waals surface area contributed by atoms with Crippen LogP contribution in [0.2, 0.25) is 0 Å². The summed E-state index contributed by atoms with van der Waals surface area (Å²) in [5.41, 5.74) is 4.95. The van der Waals surface area contributed by atoms with E-state index in [1.54, 1.807) is 18.0 Å². The monoisotopic (exact) mass is 434 g/mol. The number of rotatable bonds is 6. The second kappa shape index (κ2) is 7.97. The van der Waals surface area contributed by atoms with Gasteiger partial charge in [0.25, 0.3) is 5.91 Å². The first kappa shape index (κ1) is 21.9. The van der Waals surface area contributed by atoms with Crippen molar-refractivity contribution in [3.8, 4) is 5.75 Å². The van der Waals surface area contributed by atoms with Gasteiger partial charge in [0, 0.05) is 49.4 Å². The number of hydrogen-bond acceptors (Lipinski definition) is 5. The van der Waals surface area contributed by atoms with Crippen LogP contribution in [0.25, 0.3) is 0 Å². The van der Waals surface area contributed by atoms with Crippen LogP contribution in [0.15, 0.2) is 30.3 Å². The number of carbonyl (C=O) groups excluding carboxylic acids is 2. The molecule has 0 aromatic heterocycles. The molecule has 2 aromatic rings. The van der Waals surface area contributed by atoms with Crippen LogP contribution < -0.4 is 15.0 Å². The zero-order valence-corrected chi connectivity index (χ0v) is 19.3. The van der Waals surface area contributed by atoms with Gasteiger partial charge in [-0.05, 0) is 48.4 Å². The molecule has 0 saturated carbocycles. The Hall–Kier alpha value is -3.35. The molecule has 0 radical (unpaired) electrons. The minimum atomic E-state index is -0.260. The molecule has 0 fully saturated rings. The highest BCUT2D eigenvalue weighted by atomic mass is 16.5. The average molecular weight is 435 g/mol. The molecule has 168 valence electrons. The van der Waals surface area contributed by atoms with E-state index in [1.807, 2.05) is 31.2 Å². The maximum atomic E-state index is 13.1. The molecule has 1 amide bonds. The van der Waals surface area contributed by atoms with E-state index < -0.39 is 0 Å². The van der Waals surface area contributed by atoms with E-state index in [4.69, 9.17) is 10.1 Å². The highest BCUT2D eigenvalue weighted by Gasteiger charge is 2.34. The second-order valence-electron chi connectivity index (χ2n) is 9.12. The van der Waals surface area contributed by atoms with Gasteiger partial charge in [0.15, 0.2) is 5.78 Å². The Bertz CT molecular complexity index is 1120. The minimum Gasteiger partial charge on any atom is -0.493 e. The normalized spacial score (nSPS) is 16.1. The average Bonchev–Trinajstić information content (AvgIpc) is 3.18. The quantitative estimate of drug-likeness (QED) is 0.682. The van der Waals surface area contributed by atoms with Crippen LogP contribution in [0.1, 0.15) is 58.2 Å².